The van der Waals surface area contributed by atoms with Gasteiger partial charge in [-0.2, -0.15) is 0 Å². The van der Waals surface area contributed by atoms with E-state index in [0.717, 1.165) is 17.8 Å². The van der Waals surface area contributed by atoms with Crippen LogP contribution < -0.4 is 15.4 Å². The number of benzene rings is 2. The number of carbonyl (C=O) groups excluding carboxylic acids is 2. The lowest BCUT2D eigenvalue weighted by Crippen LogP contribution is -2.25. The van der Waals surface area contributed by atoms with Gasteiger partial charge in [-0.25, -0.2) is 4.39 Å². The summed E-state index contributed by atoms with van der Waals surface area (Å²) < 4.78 is 18.5. The van der Waals surface area contributed by atoms with E-state index in [2.05, 4.69) is 20.8 Å². The van der Waals surface area contributed by atoms with Crippen molar-refractivity contribution in [2.75, 3.05) is 11.9 Å². The van der Waals surface area contributed by atoms with Crippen LogP contribution in [-0.2, 0) is 13.0 Å². The summed E-state index contributed by atoms with van der Waals surface area (Å²) in [6.07, 6.45) is 0.768. The Hall–Kier alpha value is -3.63. The number of hydrogen-bond acceptors (Lipinski definition) is 7. The molecule has 4 aromatic rings. The Morgan fingerprint density at radius 1 is 1.00 bits per heavy atom. The van der Waals surface area contributed by atoms with Crippen LogP contribution in [0.1, 0.15) is 30.0 Å². The fraction of sp³-hybridized carbons (Fsp3) is 0.130. The molecule has 168 valence electrons. The topological polar surface area (TPSA) is 93.2 Å². The van der Waals surface area contributed by atoms with E-state index >= 15 is 0 Å². The molecule has 0 saturated carbocycles. The third-order valence-corrected chi connectivity index (χ3v) is 6.29. The lowest BCUT2D eigenvalue weighted by atomic mass is 10.2. The minimum absolute atomic E-state index is 0.109. The van der Waals surface area contributed by atoms with Crippen molar-refractivity contribution in [3.8, 4) is 5.75 Å². The zero-order chi connectivity index (χ0) is 23.0. The number of aromatic nitrogens is 2. The zero-order valence-electron chi connectivity index (χ0n) is 17.3. The molecule has 33 heavy (non-hydrogen) atoms. The van der Waals surface area contributed by atoms with Crippen LogP contribution in [0.2, 0.25) is 0 Å². The van der Waals surface area contributed by atoms with E-state index in [1.165, 1.54) is 29.1 Å². The number of nitrogens with zero attached hydrogens (tertiary/aromatic N) is 2. The largest absolute Gasteiger partial charge is 0.486 e. The Morgan fingerprint density at radius 2 is 1.85 bits per heavy atom. The predicted octanol–water partition coefficient (Wildman–Crippen LogP) is 4.54. The fourth-order valence-corrected chi connectivity index (χ4v) is 4.22. The van der Waals surface area contributed by atoms with Crippen LogP contribution >= 0.6 is 22.7 Å². The molecule has 2 N–H and O–H groups in total. The smallest absolute Gasteiger partial charge is 0.286 e. The van der Waals surface area contributed by atoms with Gasteiger partial charge >= 0.3 is 0 Å². The summed E-state index contributed by atoms with van der Waals surface area (Å²) in [5, 5.41) is 16.1. The summed E-state index contributed by atoms with van der Waals surface area (Å²) in [6, 6.07) is 16.3. The van der Waals surface area contributed by atoms with Crippen molar-refractivity contribution in [3.63, 3.8) is 0 Å². The standard InChI is InChI=1S/C23H19FN4O3S2/c24-16-6-8-18(9-7-16)31-14-20-27-28-23(33-20)22(30)26-17-4-1-3-15(13-17)21(29)25-11-10-19-5-2-12-32-19/h1-9,12-13H,10-11,14H2,(H,25,29)(H,26,30). The second kappa shape index (κ2) is 10.8. The normalized spacial score (nSPS) is 10.6. The number of ether oxygens (including phenoxy) is 1. The van der Waals surface area contributed by atoms with Gasteiger partial charge < -0.3 is 15.4 Å². The predicted molar refractivity (Wildman–Crippen MR) is 125 cm³/mol. The lowest BCUT2D eigenvalue weighted by Gasteiger charge is -2.07. The van der Waals surface area contributed by atoms with E-state index in [1.54, 1.807) is 35.6 Å². The van der Waals surface area contributed by atoms with Crippen LogP contribution in [0.5, 0.6) is 5.75 Å². The average molecular weight is 483 g/mol. The molecule has 2 heterocycles. The van der Waals surface area contributed by atoms with Crippen LogP contribution in [0.4, 0.5) is 10.1 Å². The molecule has 0 aliphatic rings. The number of nitrogens with one attached hydrogen (secondary N) is 2. The van der Waals surface area contributed by atoms with Crippen LogP contribution in [-0.4, -0.2) is 28.6 Å². The maximum atomic E-state index is 13.0. The van der Waals surface area contributed by atoms with E-state index in [1.807, 2.05) is 17.5 Å². The van der Waals surface area contributed by atoms with Crippen LogP contribution in [0.3, 0.4) is 0 Å². The number of halogens is 1. The molecule has 7 nitrogen and oxygen atoms in total. The third-order valence-electron chi connectivity index (χ3n) is 4.46. The number of amides is 2. The molecule has 0 aliphatic heterocycles. The summed E-state index contributed by atoms with van der Waals surface area (Å²) in [4.78, 5) is 26.2. The highest BCUT2D eigenvalue weighted by atomic mass is 32.1. The van der Waals surface area contributed by atoms with Gasteiger partial charge in [0.25, 0.3) is 11.8 Å². The number of rotatable bonds is 9. The lowest BCUT2D eigenvalue weighted by molar-refractivity contribution is 0.0952. The van der Waals surface area contributed by atoms with Crippen LogP contribution in [0, 0.1) is 5.82 Å². The second-order valence-corrected chi connectivity index (χ2v) is 8.96. The first-order chi connectivity index (χ1) is 16.1. The Morgan fingerprint density at radius 3 is 2.64 bits per heavy atom. The van der Waals surface area contributed by atoms with Crippen LogP contribution in [0.15, 0.2) is 66.0 Å². The molecular weight excluding hydrogens is 463 g/mol. The van der Waals surface area contributed by atoms with Gasteiger partial charge in [0.15, 0.2) is 5.01 Å². The SMILES string of the molecule is O=C(NCCc1cccs1)c1cccc(NC(=O)c2nnc(COc3ccc(F)cc3)s2)c1. The molecule has 0 aliphatic carbocycles. The molecule has 0 fully saturated rings. The Balaban J connectivity index is 1.30. The highest BCUT2D eigenvalue weighted by molar-refractivity contribution is 7.13. The quantitative estimate of drug-likeness (QED) is 0.365. The minimum Gasteiger partial charge on any atom is -0.486 e. The molecule has 10 heteroatoms. The molecule has 0 saturated heterocycles. The molecule has 0 bridgehead atoms. The van der Waals surface area contributed by atoms with E-state index in [0.29, 0.717) is 28.6 Å². The van der Waals surface area contributed by atoms with Gasteiger partial charge in [0.1, 0.15) is 18.2 Å². The van der Waals surface area contributed by atoms with Crippen molar-refractivity contribution in [2.24, 2.45) is 0 Å². The summed E-state index contributed by atoms with van der Waals surface area (Å²) in [7, 11) is 0. The van der Waals surface area contributed by atoms with Gasteiger partial charge in [0.05, 0.1) is 0 Å². The van der Waals surface area contributed by atoms with E-state index in [9.17, 15) is 14.0 Å². The molecule has 0 spiro atoms. The van der Waals surface area contributed by atoms with Crippen molar-refractivity contribution in [1.82, 2.24) is 15.5 Å². The van der Waals surface area contributed by atoms with Crippen LogP contribution in [0.25, 0.3) is 0 Å². The van der Waals surface area contributed by atoms with Crippen molar-refractivity contribution >= 4 is 40.2 Å². The summed E-state index contributed by atoms with van der Waals surface area (Å²) in [5.41, 5.74) is 0.926. The van der Waals surface area contributed by atoms with Crippen molar-refractivity contribution in [2.45, 2.75) is 13.0 Å². The monoisotopic (exact) mass is 482 g/mol. The number of hydrogen-bond donors (Lipinski definition) is 2. The van der Waals surface area contributed by atoms with Gasteiger partial charge in [0, 0.05) is 22.7 Å². The fourth-order valence-electron chi connectivity index (χ4n) is 2.86. The van der Waals surface area contributed by atoms with Crippen molar-refractivity contribution < 1.29 is 18.7 Å². The highest BCUT2D eigenvalue weighted by Crippen LogP contribution is 2.18. The maximum Gasteiger partial charge on any atom is 0.286 e. The summed E-state index contributed by atoms with van der Waals surface area (Å²) in [6.45, 7) is 0.640. The molecule has 4 rings (SSSR count). The van der Waals surface area contributed by atoms with E-state index in [4.69, 9.17) is 4.74 Å². The molecule has 0 atom stereocenters. The maximum absolute atomic E-state index is 13.0. The van der Waals surface area contributed by atoms with Crippen molar-refractivity contribution in [3.05, 3.63) is 92.3 Å². The van der Waals surface area contributed by atoms with Gasteiger partial charge in [0.2, 0.25) is 5.01 Å². The first-order valence-electron chi connectivity index (χ1n) is 9.99. The molecule has 0 radical (unpaired) electrons. The van der Waals surface area contributed by atoms with Gasteiger partial charge in [-0.3, -0.25) is 9.59 Å². The summed E-state index contributed by atoms with van der Waals surface area (Å²) in [5.74, 6) is -0.505. The van der Waals surface area contributed by atoms with E-state index < -0.39 is 5.91 Å². The van der Waals surface area contributed by atoms with Gasteiger partial charge in [-0.05, 0) is 60.3 Å². The zero-order valence-corrected chi connectivity index (χ0v) is 18.9. The first-order valence-corrected chi connectivity index (χ1v) is 11.7. The molecule has 0 unspecified atom stereocenters. The molecule has 2 aromatic carbocycles. The average Bonchev–Trinajstić information content (AvgIpc) is 3.51. The third kappa shape index (κ3) is 6.43. The molecule has 2 aromatic heterocycles. The Labute approximate surface area is 197 Å². The number of carbonyl (C=O) groups is 2. The van der Waals surface area contributed by atoms with E-state index in [-0.39, 0.29) is 23.3 Å². The summed E-state index contributed by atoms with van der Waals surface area (Å²) >= 11 is 2.74. The first kappa shape index (κ1) is 22.6. The number of anilines is 1. The highest BCUT2D eigenvalue weighted by Gasteiger charge is 2.15. The van der Waals surface area contributed by atoms with Crippen molar-refractivity contribution in [1.29, 1.82) is 0 Å². The molecular formula is C23H19FN4O3S2. The van der Waals surface area contributed by atoms with Gasteiger partial charge in [-0.15, -0.1) is 21.5 Å². The minimum atomic E-state index is -0.434. The molecule has 2 amide bonds. The number of thiophene rings is 1. The van der Waals surface area contributed by atoms with Gasteiger partial charge in [-0.1, -0.05) is 23.5 Å². The second-order valence-electron chi connectivity index (χ2n) is 6.86. The Bertz CT molecular complexity index is 1230. The Kier molecular flexibility index (Phi) is 7.38.